The Hall–Kier alpha value is -2.30. The first kappa shape index (κ1) is 15.9. The SMILES string of the molecule is Cc1c2c(c3n1[C@@H](c1ccc(Cl)cc1)SC3)C(=O)c1ccccc1C2=O. The van der Waals surface area contributed by atoms with Gasteiger partial charge in [-0.1, -0.05) is 48.0 Å². The molecular formula is C21H14ClNO2S. The molecule has 0 unspecified atom stereocenters. The van der Waals surface area contributed by atoms with E-state index < -0.39 is 0 Å². The van der Waals surface area contributed by atoms with Crippen LogP contribution in [0.4, 0.5) is 0 Å². The second-order valence-corrected chi connectivity index (χ2v) is 8.08. The van der Waals surface area contributed by atoms with Crippen LogP contribution in [0.1, 0.15) is 54.2 Å². The third kappa shape index (κ3) is 2.03. The number of aromatic nitrogens is 1. The Labute approximate surface area is 160 Å². The maximum atomic E-state index is 13.1. The summed E-state index contributed by atoms with van der Waals surface area (Å²) < 4.78 is 2.15. The van der Waals surface area contributed by atoms with Gasteiger partial charge in [0.1, 0.15) is 5.37 Å². The van der Waals surface area contributed by atoms with Gasteiger partial charge in [0, 0.05) is 33.3 Å². The van der Waals surface area contributed by atoms with Crippen LogP contribution >= 0.6 is 23.4 Å². The van der Waals surface area contributed by atoms with E-state index in [9.17, 15) is 9.59 Å². The zero-order chi connectivity index (χ0) is 18.0. The van der Waals surface area contributed by atoms with E-state index in [-0.39, 0.29) is 16.9 Å². The Bertz CT molecular complexity index is 1100. The number of nitrogens with zero attached hydrogens (tertiary/aromatic N) is 1. The molecule has 5 heteroatoms. The number of rotatable bonds is 1. The van der Waals surface area contributed by atoms with Crippen LogP contribution in [0.15, 0.2) is 48.5 Å². The summed E-state index contributed by atoms with van der Waals surface area (Å²) in [6.07, 6.45) is 0. The van der Waals surface area contributed by atoms with Gasteiger partial charge in [0.05, 0.1) is 11.1 Å². The average Bonchev–Trinajstić information content (AvgIpc) is 3.20. The summed E-state index contributed by atoms with van der Waals surface area (Å²) in [6.45, 7) is 1.94. The van der Waals surface area contributed by atoms with Crippen molar-refractivity contribution in [3.63, 3.8) is 0 Å². The van der Waals surface area contributed by atoms with Gasteiger partial charge in [0.15, 0.2) is 11.6 Å². The number of carbonyl (C=O) groups is 2. The summed E-state index contributed by atoms with van der Waals surface area (Å²) in [4.78, 5) is 26.2. The Morgan fingerprint density at radius 1 is 0.962 bits per heavy atom. The second kappa shape index (κ2) is 5.60. The van der Waals surface area contributed by atoms with Crippen molar-refractivity contribution in [1.29, 1.82) is 0 Å². The summed E-state index contributed by atoms with van der Waals surface area (Å²) >= 11 is 7.78. The molecule has 1 atom stereocenters. The fourth-order valence-electron chi connectivity index (χ4n) is 4.00. The lowest BCUT2D eigenvalue weighted by Gasteiger charge is -2.17. The van der Waals surface area contributed by atoms with Gasteiger partial charge in [0.25, 0.3) is 0 Å². The third-order valence-corrected chi connectivity index (χ3v) is 6.68. The molecule has 2 aliphatic rings. The first-order chi connectivity index (χ1) is 12.6. The highest BCUT2D eigenvalue weighted by Crippen LogP contribution is 2.47. The fourth-order valence-corrected chi connectivity index (χ4v) is 5.51. The van der Waals surface area contributed by atoms with Crippen LogP contribution in [0, 0.1) is 6.92 Å². The van der Waals surface area contributed by atoms with E-state index in [4.69, 9.17) is 11.6 Å². The summed E-state index contributed by atoms with van der Waals surface area (Å²) in [6, 6.07) is 14.9. The molecule has 0 radical (unpaired) electrons. The first-order valence-corrected chi connectivity index (χ1v) is 9.79. The molecule has 26 heavy (non-hydrogen) atoms. The van der Waals surface area contributed by atoms with Crippen molar-refractivity contribution < 1.29 is 9.59 Å². The van der Waals surface area contributed by atoms with Crippen molar-refractivity contribution in [2.45, 2.75) is 18.1 Å². The van der Waals surface area contributed by atoms with Crippen LogP contribution in [0.2, 0.25) is 5.02 Å². The Balaban J connectivity index is 1.72. The number of carbonyl (C=O) groups excluding carboxylic acids is 2. The number of benzene rings is 2. The molecule has 5 rings (SSSR count). The van der Waals surface area contributed by atoms with Crippen LogP contribution in [0.25, 0.3) is 0 Å². The Morgan fingerprint density at radius 2 is 1.58 bits per heavy atom. The number of ketones is 2. The molecule has 1 aliphatic heterocycles. The molecule has 3 aromatic rings. The molecule has 0 N–H and O–H groups in total. The molecule has 0 saturated carbocycles. The van der Waals surface area contributed by atoms with Gasteiger partial charge in [-0.2, -0.15) is 0 Å². The average molecular weight is 380 g/mol. The van der Waals surface area contributed by atoms with Gasteiger partial charge in [-0.05, 0) is 24.6 Å². The van der Waals surface area contributed by atoms with Crippen molar-refractivity contribution in [3.8, 4) is 0 Å². The Kier molecular flexibility index (Phi) is 3.43. The highest BCUT2D eigenvalue weighted by atomic mass is 35.5. The summed E-state index contributed by atoms with van der Waals surface area (Å²) in [5.41, 5.74) is 5.12. The number of thioether (sulfide) groups is 1. The standard InChI is InChI=1S/C21H14ClNO2S/c1-11-17-18(20(25)15-5-3-2-4-14(15)19(17)24)16-10-26-21(23(11)16)12-6-8-13(22)9-7-12/h2-9,21H,10H2,1H3/t21-/m1/s1. The van der Waals surface area contributed by atoms with E-state index in [1.807, 2.05) is 37.3 Å². The summed E-state index contributed by atoms with van der Waals surface area (Å²) in [7, 11) is 0. The van der Waals surface area contributed by atoms with Crippen molar-refractivity contribution in [2.24, 2.45) is 0 Å². The maximum Gasteiger partial charge on any atom is 0.196 e. The highest BCUT2D eigenvalue weighted by Gasteiger charge is 2.40. The molecule has 0 bridgehead atoms. The van der Waals surface area contributed by atoms with Crippen molar-refractivity contribution in [3.05, 3.63) is 92.8 Å². The zero-order valence-electron chi connectivity index (χ0n) is 14.0. The monoisotopic (exact) mass is 379 g/mol. The molecule has 2 aromatic carbocycles. The van der Waals surface area contributed by atoms with E-state index in [2.05, 4.69) is 4.57 Å². The third-order valence-electron chi connectivity index (χ3n) is 5.19. The Morgan fingerprint density at radius 3 is 2.23 bits per heavy atom. The van der Waals surface area contributed by atoms with Gasteiger partial charge >= 0.3 is 0 Å². The van der Waals surface area contributed by atoms with Crippen LogP contribution in [-0.2, 0) is 5.75 Å². The lowest BCUT2D eigenvalue weighted by atomic mass is 9.84. The van der Waals surface area contributed by atoms with Crippen molar-refractivity contribution in [1.82, 2.24) is 4.57 Å². The summed E-state index contributed by atoms with van der Waals surface area (Å²) in [5.74, 6) is 0.629. The minimum atomic E-state index is -0.0468. The normalized spacial score (nSPS) is 17.8. The van der Waals surface area contributed by atoms with Crippen molar-refractivity contribution >= 4 is 34.9 Å². The maximum absolute atomic E-state index is 13.1. The molecule has 0 amide bonds. The van der Waals surface area contributed by atoms with Gasteiger partial charge in [-0.25, -0.2) is 0 Å². The van der Waals surface area contributed by atoms with E-state index in [0.29, 0.717) is 33.0 Å². The number of hydrogen-bond donors (Lipinski definition) is 0. The molecule has 2 heterocycles. The minimum absolute atomic E-state index is 0.0376. The lowest BCUT2D eigenvalue weighted by Crippen LogP contribution is -2.20. The van der Waals surface area contributed by atoms with E-state index in [1.165, 1.54) is 0 Å². The largest absolute Gasteiger partial charge is 0.330 e. The predicted molar refractivity (Wildman–Crippen MR) is 103 cm³/mol. The number of hydrogen-bond acceptors (Lipinski definition) is 3. The van der Waals surface area contributed by atoms with Gasteiger partial charge in [0.2, 0.25) is 0 Å². The molecule has 0 spiro atoms. The van der Waals surface area contributed by atoms with Crippen molar-refractivity contribution in [2.75, 3.05) is 0 Å². The van der Waals surface area contributed by atoms with Gasteiger partial charge in [-0.3, -0.25) is 9.59 Å². The topological polar surface area (TPSA) is 39.1 Å². The van der Waals surface area contributed by atoms with Crippen LogP contribution < -0.4 is 0 Å². The molecule has 128 valence electrons. The summed E-state index contributed by atoms with van der Waals surface area (Å²) in [5, 5.41) is 0.748. The van der Waals surface area contributed by atoms with E-state index >= 15 is 0 Å². The quantitative estimate of drug-likeness (QED) is 0.466. The molecule has 1 aliphatic carbocycles. The predicted octanol–water partition coefficient (Wildman–Crippen LogP) is 5.02. The van der Waals surface area contributed by atoms with E-state index in [0.717, 1.165) is 17.0 Å². The number of fused-ring (bicyclic) bond motifs is 4. The second-order valence-electron chi connectivity index (χ2n) is 6.57. The molecule has 0 saturated heterocycles. The fraction of sp³-hybridized carbons (Fsp3) is 0.143. The first-order valence-electron chi connectivity index (χ1n) is 8.37. The molecule has 3 nitrogen and oxygen atoms in total. The van der Waals surface area contributed by atoms with Crippen LogP contribution in [0.5, 0.6) is 0 Å². The van der Waals surface area contributed by atoms with Crippen LogP contribution in [0.3, 0.4) is 0 Å². The van der Waals surface area contributed by atoms with Gasteiger partial charge in [-0.15, -0.1) is 11.8 Å². The van der Waals surface area contributed by atoms with Crippen LogP contribution in [-0.4, -0.2) is 16.1 Å². The molecular weight excluding hydrogens is 366 g/mol. The molecule has 0 fully saturated rings. The van der Waals surface area contributed by atoms with Gasteiger partial charge < -0.3 is 4.57 Å². The smallest absolute Gasteiger partial charge is 0.196 e. The minimum Gasteiger partial charge on any atom is -0.330 e. The zero-order valence-corrected chi connectivity index (χ0v) is 15.5. The lowest BCUT2D eigenvalue weighted by molar-refractivity contribution is 0.0979. The molecule has 1 aromatic heterocycles. The number of halogens is 1. The highest BCUT2D eigenvalue weighted by molar-refractivity contribution is 7.99. The van der Waals surface area contributed by atoms with E-state index in [1.54, 1.807) is 30.0 Å².